The van der Waals surface area contributed by atoms with Crippen LogP contribution in [0.15, 0.2) is 0 Å². The summed E-state index contributed by atoms with van der Waals surface area (Å²) in [6.07, 6.45) is -0.484. The van der Waals surface area contributed by atoms with E-state index >= 15 is 0 Å². The molecular weight excluding hydrogens is 196 g/mol. The third kappa shape index (κ3) is 4.05. The molecule has 0 aromatic heterocycles. The van der Waals surface area contributed by atoms with Gasteiger partial charge in [-0.3, -0.25) is 4.90 Å². The van der Waals surface area contributed by atoms with Crippen LogP contribution in [0.5, 0.6) is 0 Å². The first-order valence-corrected chi connectivity index (χ1v) is 5.56. The quantitative estimate of drug-likeness (QED) is 0.619. The Bertz CT molecular complexity index is 201. The molecule has 0 spiro atoms. The summed E-state index contributed by atoms with van der Waals surface area (Å²) in [7, 11) is 0. The molecule has 0 radical (unpaired) electrons. The number of hydrogen-bond acceptors (Lipinski definition) is 3. The van der Waals surface area contributed by atoms with Crippen LogP contribution >= 0.6 is 0 Å². The predicted octanol–water partition coefficient (Wildman–Crippen LogP) is -1.28. The number of amides is 1. The lowest BCUT2D eigenvalue weighted by molar-refractivity contribution is -0.906. The van der Waals surface area contributed by atoms with Crippen molar-refractivity contribution in [2.24, 2.45) is 0 Å². The number of rotatable bonds is 3. The molecule has 0 aromatic carbocycles. The maximum atomic E-state index is 11.4. The summed E-state index contributed by atoms with van der Waals surface area (Å²) < 4.78 is 4.93. The second-order valence-electron chi connectivity index (χ2n) is 3.99. The normalized spacial score (nSPS) is 20.1. The van der Waals surface area contributed by atoms with E-state index in [2.05, 4.69) is 0 Å². The molecule has 1 saturated heterocycles. The van der Waals surface area contributed by atoms with Crippen molar-refractivity contribution in [3.8, 4) is 0 Å². The van der Waals surface area contributed by atoms with Crippen LogP contribution in [0.3, 0.4) is 0 Å². The SMILES string of the molecule is CCOC(=O)N1CC[NH+](C[C@H](C)O)CC1. The number of ether oxygens (including phenoxy) is 1. The van der Waals surface area contributed by atoms with Crippen LogP contribution in [-0.4, -0.2) is 61.5 Å². The first kappa shape index (κ1) is 12.3. The Morgan fingerprint density at radius 3 is 2.60 bits per heavy atom. The van der Waals surface area contributed by atoms with E-state index in [0.29, 0.717) is 6.61 Å². The van der Waals surface area contributed by atoms with Gasteiger partial charge in [-0.1, -0.05) is 0 Å². The van der Waals surface area contributed by atoms with E-state index in [4.69, 9.17) is 4.74 Å². The Morgan fingerprint density at radius 2 is 2.13 bits per heavy atom. The zero-order chi connectivity index (χ0) is 11.3. The summed E-state index contributed by atoms with van der Waals surface area (Å²) >= 11 is 0. The van der Waals surface area contributed by atoms with E-state index in [1.807, 2.05) is 6.92 Å². The Labute approximate surface area is 90.6 Å². The largest absolute Gasteiger partial charge is 0.450 e. The highest BCUT2D eigenvalue weighted by Gasteiger charge is 2.24. The summed E-state index contributed by atoms with van der Waals surface area (Å²) in [6, 6.07) is 0. The number of piperazine rings is 1. The molecule has 0 aromatic rings. The highest BCUT2D eigenvalue weighted by atomic mass is 16.6. The fraction of sp³-hybridized carbons (Fsp3) is 0.900. The van der Waals surface area contributed by atoms with E-state index in [1.54, 1.807) is 11.8 Å². The molecule has 1 aliphatic heterocycles. The summed E-state index contributed by atoms with van der Waals surface area (Å²) in [5.74, 6) is 0. The van der Waals surface area contributed by atoms with Crippen molar-refractivity contribution < 1.29 is 19.5 Å². The van der Waals surface area contributed by atoms with E-state index in [0.717, 1.165) is 32.7 Å². The van der Waals surface area contributed by atoms with Gasteiger partial charge in [0, 0.05) is 0 Å². The average molecular weight is 217 g/mol. The minimum atomic E-state index is -0.269. The lowest BCUT2D eigenvalue weighted by Crippen LogP contribution is -3.15. The molecule has 88 valence electrons. The van der Waals surface area contributed by atoms with Gasteiger partial charge in [-0.2, -0.15) is 0 Å². The van der Waals surface area contributed by atoms with Gasteiger partial charge in [-0.25, -0.2) is 4.79 Å². The fourth-order valence-corrected chi connectivity index (χ4v) is 1.84. The second kappa shape index (κ2) is 5.92. The van der Waals surface area contributed by atoms with Crippen LogP contribution < -0.4 is 4.90 Å². The third-order valence-electron chi connectivity index (χ3n) is 2.58. The van der Waals surface area contributed by atoms with Gasteiger partial charge in [0.2, 0.25) is 0 Å². The van der Waals surface area contributed by atoms with E-state index < -0.39 is 0 Å². The minimum absolute atomic E-state index is 0.214. The Balaban J connectivity index is 2.26. The summed E-state index contributed by atoms with van der Waals surface area (Å²) in [5, 5.41) is 9.24. The maximum Gasteiger partial charge on any atom is 0.410 e. The van der Waals surface area contributed by atoms with Gasteiger partial charge in [0.05, 0.1) is 32.8 Å². The minimum Gasteiger partial charge on any atom is -0.450 e. The number of aliphatic hydroxyl groups excluding tert-OH is 1. The van der Waals surface area contributed by atoms with Gasteiger partial charge in [0.25, 0.3) is 0 Å². The van der Waals surface area contributed by atoms with Gasteiger partial charge in [-0.15, -0.1) is 0 Å². The smallest absolute Gasteiger partial charge is 0.410 e. The van der Waals surface area contributed by atoms with Crippen LogP contribution in [-0.2, 0) is 4.74 Å². The molecule has 15 heavy (non-hydrogen) atoms. The fourth-order valence-electron chi connectivity index (χ4n) is 1.84. The zero-order valence-corrected chi connectivity index (χ0v) is 9.53. The lowest BCUT2D eigenvalue weighted by atomic mass is 10.3. The average Bonchev–Trinajstić information content (AvgIpc) is 2.18. The van der Waals surface area contributed by atoms with E-state index in [-0.39, 0.29) is 12.2 Å². The van der Waals surface area contributed by atoms with Crippen molar-refractivity contribution in [2.75, 3.05) is 39.3 Å². The number of nitrogens with one attached hydrogen (secondary N) is 1. The van der Waals surface area contributed by atoms with Crippen molar-refractivity contribution in [3.63, 3.8) is 0 Å². The number of quaternary nitrogens is 1. The van der Waals surface area contributed by atoms with Gasteiger partial charge in [-0.05, 0) is 13.8 Å². The van der Waals surface area contributed by atoms with Crippen LogP contribution in [0.1, 0.15) is 13.8 Å². The highest BCUT2D eigenvalue weighted by molar-refractivity contribution is 5.67. The molecule has 1 rings (SSSR count). The lowest BCUT2D eigenvalue weighted by Gasteiger charge is -2.31. The molecular formula is C10H21N2O3+. The first-order valence-electron chi connectivity index (χ1n) is 5.56. The molecule has 1 aliphatic rings. The monoisotopic (exact) mass is 217 g/mol. The number of carbonyl (C=O) groups is 1. The first-order chi connectivity index (χ1) is 7.13. The zero-order valence-electron chi connectivity index (χ0n) is 9.53. The topological polar surface area (TPSA) is 54.2 Å². The van der Waals surface area contributed by atoms with Gasteiger partial charge >= 0.3 is 6.09 Å². The molecule has 5 nitrogen and oxygen atoms in total. The van der Waals surface area contributed by atoms with E-state index in [1.165, 1.54) is 4.90 Å². The molecule has 1 heterocycles. The molecule has 1 amide bonds. The number of aliphatic hydroxyl groups is 1. The predicted molar refractivity (Wildman–Crippen MR) is 55.8 cm³/mol. The van der Waals surface area contributed by atoms with Gasteiger partial charge in [0.15, 0.2) is 0 Å². The Kier molecular flexibility index (Phi) is 4.84. The third-order valence-corrected chi connectivity index (χ3v) is 2.58. The Morgan fingerprint density at radius 1 is 1.53 bits per heavy atom. The Hall–Kier alpha value is -0.810. The number of hydrogen-bond donors (Lipinski definition) is 2. The number of carbonyl (C=O) groups excluding carboxylic acids is 1. The second-order valence-corrected chi connectivity index (χ2v) is 3.99. The standard InChI is InChI=1S/C10H20N2O3/c1-3-15-10(14)12-6-4-11(5-7-12)8-9(2)13/h9,13H,3-8H2,1-2H3/p+1/t9-/m0/s1. The summed E-state index contributed by atoms with van der Waals surface area (Å²) in [5.41, 5.74) is 0. The van der Waals surface area contributed by atoms with Crippen LogP contribution in [0, 0.1) is 0 Å². The molecule has 5 heteroatoms. The molecule has 2 N–H and O–H groups in total. The van der Waals surface area contributed by atoms with Crippen LogP contribution in [0.25, 0.3) is 0 Å². The van der Waals surface area contributed by atoms with Crippen molar-refractivity contribution in [1.29, 1.82) is 0 Å². The molecule has 0 bridgehead atoms. The van der Waals surface area contributed by atoms with Crippen molar-refractivity contribution in [2.45, 2.75) is 20.0 Å². The number of nitrogens with zero attached hydrogens (tertiary/aromatic N) is 1. The molecule has 1 atom stereocenters. The summed E-state index contributed by atoms with van der Waals surface area (Å²) in [6.45, 7) is 8.03. The van der Waals surface area contributed by atoms with Crippen LogP contribution in [0.2, 0.25) is 0 Å². The maximum absolute atomic E-state index is 11.4. The molecule has 1 fully saturated rings. The molecule has 0 aliphatic carbocycles. The van der Waals surface area contributed by atoms with Gasteiger partial charge in [0.1, 0.15) is 12.6 Å². The molecule has 0 saturated carbocycles. The van der Waals surface area contributed by atoms with Gasteiger partial charge < -0.3 is 14.7 Å². The molecule has 0 unspecified atom stereocenters. The van der Waals surface area contributed by atoms with Crippen LogP contribution in [0.4, 0.5) is 4.79 Å². The van der Waals surface area contributed by atoms with Crippen molar-refractivity contribution in [3.05, 3.63) is 0 Å². The van der Waals surface area contributed by atoms with Crippen molar-refractivity contribution >= 4 is 6.09 Å². The highest BCUT2D eigenvalue weighted by Crippen LogP contribution is 1.94. The van der Waals surface area contributed by atoms with Crippen molar-refractivity contribution in [1.82, 2.24) is 4.90 Å². The van der Waals surface area contributed by atoms with E-state index in [9.17, 15) is 9.90 Å². The summed E-state index contributed by atoms with van der Waals surface area (Å²) in [4.78, 5) is 14.5.